The number of nitrogens with zero attached hydrogens (tertiary/aromatic N) is 4. The Morgan fingerprint density at radius 1 is 1.00 bits per heavy atom. The molecule has 0 atom stereocenters. The van der Waals surface area contributed by atoms with E-state index in [0.29, 0.717) is 17.4 Å². The first-order chi connectivity index (χ1) is 9.31. The summed E-state index contributed by atoms with van der Waals surface area (Å²) in [5.74, 6) is 1.86. The molecule has 5 nitrogen and oxygen atoms in total. The van der Waals surface area contributed by atoms with Crippen LogP contribution in [0.25, 0.3) is 5.82 Å². The maximum absolute atomic E-state index is 5.59. The minimum atomic E-state index is 0.450. The monoisotopic (exact) mass is 316 g/mol. The van der Waals surface area contributed by atoms with Gasteiger partial charge in [0.05, 0.1) is 0 Å². The van der Waals surface area contributed by atoms with E-state index in [1.54, 1.807) is 29.4 Å². The van der Waals surface area contributed by atoms with E-state index in [9.17, 15) is 0 Å². The molecule has 1 aromatic carbocycles. The fourth-order valence-electron chi connectivity index (χ4n) is 1.52. The molecule has 2 aromatic heterocycles. The molecule has 0 saturated carbocycles. The molecule has 19 heavy (non-hydrogen) atoms. The molecule has 0 fully saturated rings. The van der Waals surface area contributed by atoms with Gasteiger partial charge in [-0.3, -0.25) is 4.57 Å². The van der Waals surface area contributed by atoms with Gasteiger partial charge in [0, 0.05) is 22.9 Å². The van der Waals surface area contributed by atoms with Crippen molar-refractivity contribution in [2.24, 2.45) is 0 Å². The van der Waals surface area contributed by atoms with Gasteiger partial charge in [-0.25, -0.2) is 4.98 Å². The Morgan fingerprint density at radius 2 is 1.84 bits per heavy atom. The summed E-state index contributed by atoms with van der Waals surface area (Å²) in [5.41, 5.74) is 0. The quantitative estimate of drug-likeness (QED) is 0.744. The van der Waals surface area contributed by atoms with E-state index in [4.69, 9.17) is 4.74 Å². The van der Waals surface area contributed by atoms with E-state index in [1.807, 2.05) is 30.3 Å². The first kappa shape index (κ1) is 11.9. The first-order valence-electron chi connectivity index (χ1n) is 5.57. The number of halogens is 1. The van der Waals surface area contributed by atoms with Crippen molar-refractivity contribution in [3.05, 3.63) is 59.6 Å². The van der Waals surface area contributed by atoms with Gasteiger partial charge in [-0.05, 0) is 30.3 Å². The lowest BCUT2D eigenvalue weighted by Crippen LogP contribution is -1.97. The van der Waals surface area contributed by atoms with Crippen LogP contribution in [0.15, 0.2) is 59.6 Å². The number of aromatic nitrogens is 4. The Labute approximate surface area is 118 Å². The van der Waals surface area contributed by atoms with Crippen LogP contribution in [-0.2, 0) is 0 Å². The minimum Gasteiger partial charge on any atom is -0.438 e. The summed E-state index contributed by atoms with van der Waals surface area (Å²) in [7, 11) is 0. The third kappa shape index (κ3) is 2.79. The maximum atomic E-state index is 5.59. The van der Waals surface area contributed by atoms with Gasteiger partial charge in [-0.15, -0.1) is 10.2 Å². The molecule has 2 heterocycles. The van der Waals surface area contributed by atoms with Crippen LogP contribution in [0.4, 0.5) is 0 Å². The van der Waals surface area contributed by atoms with Crippen molar-refractivity contribution < 1.29 is 4.74 Å². The van der Waals surface area contributed by atoms with Crippen LogP contribution in [0.3, 0.4) is 0 Å². The topological polar surface area (TPSA) is 52.8 Å². The average Bonchev–Trinajstić information content (AvgIpc) is 2.96. The van der Waals surface area contributed by atoms with Crippen molar-refractivity contribution in [2.45, 2.75) is 0 Å². The number of imidazole rings is 1. The minimum absolute atomic E-state index is 0.450. The molecule has 0 unspecified atom stereocenters. The van der Waals surface area contributed by atoms with Crippen LogP contribution in [0.2, 0.25) is 0 Å². The van der Waals surface area contributed by atoms with Gasteiger partial charge in [0.2, 0.25) is 5.88 Å². The third-order valence-electron chi connectivity index (χ3n) is 2.43. The second-order valence-corrected chi connectivity index (χ2v) is 4.67. The van der Waals surface area contributed by atoms with E-state index < -0.39 is 0 Å². The smallest absolute Gasteiger partial charge is 0.238 e. The predicted octanol–water partition coefficient (Wildman–Crippen LogP) is 3.22. The molecule has 3 rings (SSSR count). The molecule has 94 valence electrons. The fourth-order valence-corrected chi connectivity index (χ4v) is 1.79. The van der Waals surface area contributed by atoms with E-state index >= 15 is 0 Å². The SMILES string of the molecule is Brc1ccc(Oc2ccc(-n3ccnc3)nn2)cc1. The van der Waals surface area contributed by atoms with E-state index in [0.717, 1.165) is 4.47 Å². The third-order valence-corrected chi connectivity index (χ3v) is 2.96. The molecule has 0 amide bonds. The second kappa shape index (κ2) is 5.19. The molecule has 0 radical (unpaired) electrons. The van der Waals surface area contributed by atoms with Gasteiger partial charge < -0.3 is 4.74 Å². The highest BCUT2D eigenvalue weighted by Gasteiger charge is 2.02. The molecule has 0 N–H and O–H groups in total. The summed E-state index contributed by atoms with van der Waals surface area (Å²) in [6, 6.07) is 11.1. The lowest BCUT2D eigenvalue weighted by Gasteiger charge is -2.05. The van der Waals surface area contributed by atoms with Gasteiger partial charge in [0.1, 0.15) is 12.1 Å². The van der Waals surface area contributed by atoms with Gasteiger partial charge in [0.25, 0.3) is 0 Å². The number of ether oxygens (including phenoxy) is 1. The van der Waals surface area contributed by atoms with Crippen LogP contribution in [0.1, 0.15) is 0 Å². The normalized spacial score (nSPS) is 10.4. The summed E-state index contributed by atoms with van der Waals surface area (Å²) >= 11 is 3.37. The number of hydrogen-bond acceptors (Lipinski definition) is 4. The van der Waals surface area contributed by atoms with Crippen LogP contribution in [0.5, 0.6) is 11.6 Å². The number of rotatable bonds is 3. The van der Waals surface area contributed by atoms with Gasteiger partial charge in [0.15, 0.2) is 5.82 Å². The van der Waals surface area contributed by atoms with Crippen molar-refractivity contribution >= 4 is 15.9 Å². The van der Waals surface area contributed by atoms with Crippen LogP contribution >= 0.6 is 15.9 Å². The summed E-state index contributed by atoms with van der Waals surface area (Å²) in [6.45, 7) is 0. The Hall–Kier alpha value is -2.21. The van der Waals surface area contributed by atoms with Crippen LogP contribution < -0.4 is 4.74 Å². The zero-order valence-corrected chi connectivity index (χ0v) is 11.4. The standard InChI is InChI=1S/C13H9BrN4O/c14-10-1-3-11(4-2-10)19-13-6-5-12(16-17-13)18-8-7-15-9-18/h1-9H. The zero-order chi connectivity index (χ0) is 13.1. The maximum Gasteiger partial charge on any atom is 0.238 e. The lowest BCUT2D eigenvalue weighted by molar-refractivity contribution is 0.454. The Balaban J connectivity index is 1.77. The van der Waals surface area contributed by atoms with Crippen molar-refractivity contribution in [3.63, 3.8) is 0 Å². The average molecular weight is 317 g/mol. The molecule has 3 aromatic rings. The van der Waals surface area contributed by atoms with E-state index in [1.165, 1.54) is 0 Å². The molecule has 0 aliphatic carbocycles. The molecule has 6 heteroatoms. The van der Waals surface area contributed by atoms with Gasteiger partial charge >= 0.3 is 0 Å². The molecule has 0 spiro atoms. The van der Waals surface area contributed by atoms with Crippen LogP contribution in [0, 0.1) is 0 Å². The largest absolute Gasteiger partial charge is 0.438 e. The summed E-state index contributed by atoms with van der Waals surface area (Å²) in [6.07, 6.45) is 5.16. The highest BCUT2D eigenvalue weighted by atomic mass is 79.9. The van der Waals surface area contributed by atoms with Gasteiger partial charge in [-0.1, -0.05) is 15.9 Å². The van der Waals surface area contributed by atoms with E-state index in [-0.39, 0.29) is 0 Å². The van der Waals surface area contributed by atoms with Gasteiger partial charge in [-0.2, -0.15) is 0 Å². The van der Waals surface area contributed by atoms with Crippen molar-refractivity contribution in [1.82, 2.24) is 19.7 Å². The zero-order valence-electron chi connectivity index (χ0n) is 9.77. The summed E-state index contributed by atoms with van der Waals surface area (Å²) in [4.78, 5) is 3.96. The molecule has 0 aliphatic rings. The summed E-state index contributed by atoms with van der Waals surface area (Å²) in [5, 5.41) is 8.09. The molecule has 0 aliphatic heterocycles. The Kier molecular flexibility index (Phi) is 3.24. The van der Waals surface area contributed by atoms with Crippen molar-refractivity contribution in [3.8, 4) is 17.4 Å². The Morgan fingerprint density at radius 3 is 2.47 bits per heavy atom. The van der Waals surface area contributed by atoms with Crippen molar-refractivity contribution in [2.75, 3.05) is 0 Å². The molecule has 0 bridgehead atoms. The highest BCUT2D eigenvalue weighted by Crippen LogP contribution is 2.21. The molecular weight excluding hydrogens is 308 g/mol. The molecular formula is C13H9BrN4O. The number of hydrogen-bond donors (Lipinski definition) is 0. The van der Waals surface area contributed by atoms with Crippen molar-refractivity contribution in [1.29, 1.82) is 0 Å². The van der Waals surface area contributed by atoms with Crippen LogP contribution in [-0.4, -0.2) is 19.7 Å². The lowest BCUT2D eigenvalue weighted by atomic mass is 10.3. The van der Waals surface area contributed by atoms with E-state index in [2.05, 4.69) is 31.1 Å². The fraction of sp³-hybridized carbons (Fsp3) is 0. The summed E-state index contributed by atoms with van der Waals surface area (Å²) < 4.78 is 8.36. The first-order valence-corrected chi connectivity index (χ1v) is 6.36. The highest BCUT2D eigenvalue weighted by molar-refractivity contribution is 9.10. The molecule has 0 saturated heterocycles. The second-order valence-electron chi connectivity index (χ2n) is 3.76. The predicted molar refractivity (Wildman–Crippen MR) is 73.4 cm³/mol. The Bertz CT molecular complexity index is 650. The number of benzene rings is 1.